The Hall–Kier alpha value is -2.21. The largest absolute Gasteiger partial charge is 0.405 e. The summed E-state index contributed by atoms with van der Waals surface area (Å²) in [7, 11) is 1.82. The number of hydrogen-bond donors (Lipinski definition) is 3. The summed E-state index contributed by atoms with van der Waals surface area (Å²) in [6, 6.07) is 3.84. The Morgan fingerprint density at radius 1 is 1.05 bits per heavy atom. The molecule has 2 unspecified atom stereocenters. The lowest BCUT2D eigenvalue weighted by Crippen LogP contribution is -2.50. The molecular weight excluding hydrogens is 478 g/mol. The third-order valence-corrected chi connectivity index (χ3v) is 8.12. The summed E-state index contributed by atoms with van der Waals surface area (Å²) in [5, 5.41) is 16.6. The number of nitrogens with one attached hydrogen (secondary N) is 2. The number of hydrogen-bond acceptors (Lipinski definition) is 5. The van der Waals surface area contributed by atoms with Crippen LogP contribution in [0.25, 0.3) is 0 Å². The molecule has 0 aliphatic rings. The first-order valence-corrected chi connectivity index (χ1v) is 14.6. The van der Waals surface area contributed by atoms with Crippen LogP contribution in [0.4, 0.5) is 0 Å². The Morgan fingerprint density at radius 2 is 1.56 bits per heavy atom. The van der Waals surface area contributed by atoms with Crippen molar-refractivity contribution in [1.29, 1.82) is 5.26 Å². The van der Waals surface area contributed by atoms with Crippen LogP contribution in [0.15, 0.2) is 37.7 Å². The average molecular weight is 544 g/mol. The first kappa shape index (κ1) is 41.3. The van der Waals surface area contributed by atoms with Gasteiger partial charge in [0.15, 0.2) is 0 Å². The summed E-state index contributed by atoms with van der Waals surface area (Å²) in [5.74, 6) is 2.93. The van der Waals surface area contributed by atoms with Gasteiger partial charge in [-0.05, 0) is 97.8 Å². The van der Waals surface area contributed by atoms with Crippen molar-refractivity contribution in [1.82, 2.24) is 15.5 Å². The molecule has 0 amide bonds. The van der Waals surface area contributed by atoms with Crippen molar-refractivity contribution >= 4 is 0 Å². The second-order valence-electron chi connectivity index (χ2n) is 12.3. The SMILES string of the molecule is C#CCNC.C=CCCC(C)(C#N)C(C)(C)C(C)(CC(C)C)C(=C)NCCCCN(C(C)C)C(C)C.C=CN. The molecule has 4 N–H and O–H groups in total. The standard InChI is InChI=1S/C28H53N3.C4H7N.C2H5N/c1-13-14-17-27(11,21-29)26(9,10)28(12,20-22(2)3)25(8)30-18-15-16-19-31(23(4)5)24(6)7;1-3-4-5-2;1-2-3/h13,22-24,30H,1,8,14-20H2,2-7,9-12H3;1,5H,4H2,2H3;2H,1,3H2. The highest BCUT2D eigenvalue weighted by atomic mass is 15.2. The van der Waals surface area contributed by atoms with E-state index in [4.69, 9.17) is 6.42 Å². The monoisotopic (exact) mass is 544 g/mol. The van der Waals surface area contributed by atoms with Crippen molar-refractivity contribution in [3.63, 3.8) is 0 Å². The van der Waals surface area contributed by atoms with Crippen LogP contribution in [0.2, 0.25) is 0 Å². The third-order valence-electron chi connectivity index (χ3n) is 8.12. The van der Waals surface area contributed by atoms with Gasteiger partial charge in [0, 0.05) is 29.7 Å². The van der Waals surface area contributed by atoms with Crippen molar-refractivity contribution < 1.29 is 0 Å². The van der Waals surface area contributed by atoms with Gasteiger partial charge in [-0.1, -0.05) is 59.8 Å². The van der Waals surface area contributed by atoms with E-state index in [1.54, 1.807) is 0 Å². The molecule has 0 spiro atoms. The van der Waals surface area contributed by atoms with Gasteiger partial charge < -0.3 is 16.4 Å². The zero-order chi connectivity index (χ0) is 31.3. The van der Waals surface area contributed by atoms with E-state index in [-0.39, 0.29) is 10.8 Å². The van der Waals surface area contributed by atoms with E-state index in [9.17, 15) is 5.26 Å². The number of terminal acetylenes is 1. The van der Waals surface area contributed by atoms with Crippen LogP contribution in [-0.4, -0.2) is 43.7 Å². The fourth-order valence-corrected chi connectivity index (χ4v) is 5.15. The Labute approximate surface area is 244 Å². The molecule has 2 atom stereocenters. The number of nitrogens with two attached hydrogens (primary N) is 1. The van der Waals surface area contributed by atoms with E-state index in [1.807, 2.05) is 13.1 Å². The van der Waals surface area contributed by atoms with Crippen LogP contribution in [0.3, 0.4) is 0 Å². The second-order valence-corrected chi connectivity index (χ2v) is 12.3. The smallest absolute Gasteiger partial charge is 0.0692 e. The Bertz CT molecular complexity index is 745. The molecule has 0 aromatic heterocycles. The van der Waals surface area contributed by atoms with E-state index >= 15 is 0 Å². The van der Waals surface area contributed by atoms with Crippen LogP contribution < -0.4 is 16.4 Å². The van der Waals surface area contributed by atoms with Gasteiger partial charge in [-0.2, -0.15) is 5.26 Å². The number of nitriles is 1. The van der Waals surface area contributed by atoms with Gasteiger partial charge >= 0.3 is 0 Å². The van der Waals surface area contributed by atoms with E-state index in [0.717, 1.165) is 44.5 Å². The highest BCUT2D eigenvalue weighted by Gasteiger charge is 2.54. The van der Waals surface area contributed by atoms with Crippen molar-refractivity contribution in [2.45, 2.75) is 113 Å². The summed E-state index contributed by atoms with van der Waals surface area (Å²) >= 11 is 0. The number of nitrogens with zero attached hydrogens (tertiary/aromatic N) is 2. The molecule has 5 nitrogen and oxygen atoms in total. The summed E-state index contributed by atoms with van der Waals surface area (Å²) < 4.78 is 0. The number of rotatable bonds is 17. The van der Waals surface area contributed by atoms with Crippen molar-refractivity contribution in [2.24, 2.45) is 27.9 Å². The molecule has 0 rings (SSSR count). The van der Waals surface area contributed by atoms with Gasteiger partial charge in [-0.3, -0.25) is 4.90 Å². The zero-order valence-electron chi connectivity index (χ0n) is 27.7. The Balaban J connectivity index is -0.00000141. The van der Waals surface area contributed by atoms with Gasteiger partial charge in [-0.15, -0.1) is 13.0 Å². The lowest BCUT2D eigenvalue weighted by atomic mass is 9.50. The molecule has 0 aromatic rings. The van der Waals surface area contributed by atoms with Crippen molar-refractivity contribution in [2.75, 3.05) is 26.7 Å². The normalized spacial score (nSPS) is 14.1. The maximum absolute atomic E-state index is 10.2. The molecular formula is C34H65N5. The first-order valence-electron chi connectivity index (χ1n) is 14.6. The zero-order valence-corrected chi connectivity index (χ0v) is 27.7. The summed E-state index contributed by atoms with van der Waals surface area (Å²) in [5.41, 5.74) is 4.81. The van der Waals surface area contributed by atoms with Gasteiger partial charge in [0.25, 0.3) is 0 Å². The quantitative estimate of drug-likeness (QED) is 0.101. The van der Waals surface area contributed by atoms with E-state index in [2.05, 4.69) is 122 Å². The lowest BCUT2D eigenvalue weighted by Gasteiger charge is -2.54. The van der Waals surface area contributed by atoms with Crippen LogP contribution in [0.1, 0.15) is 101 Å². The van der Waals surface area contributed by atoms with Crippen LogP contribution in [0, 0.1) is 45.8 Å². The summed E-state index contributed by atoms with van der Waals surface area (Å²) in [4.78, 5) is 2.55. The van der Waals surface area contributed by atoms with Gasteiger partial charge in [0.2, 0.25) is 0 Å². The molecule has 0 aromatic carbocycles. The molecule has 0 aliphatic heterocycles. The van der Waals surface area contributed by atoms with Crippen molar-refractivity contribution in [3.8, 4) is 18.4 Å². The van der Waals surface area contributed by atoms with Crippen LogP contribution in [-0.2, 0) is 0 Å². The predicted octanol–water partition coefficient (Wildman–Crippen LogP) is 7.49. The topological polar surface area (TPSA) is 77.1 Å². The number of allylic oxidation sites excluding steroid dienone is 2. The average Bonchev–Trinajstić information content (AvgIpc) is 2.84. The number of unbranched alkanes of at least 4 members (excludes halogenated alkanes) is 1. The molecule has 0 heterocycles. The molecule has 0 saturated carbocycles. The second kappa shape index (κ2) is 21.6. The van der Waals surface area contributed by atoms with Crippen LogP contribution in [0.5, 0.6) is 0 Å². The maximum Gasteiger partial charge on any atom is 0.0692 e. The maximum atomic E-state index is 10.2. The minimum atomic E-state index is -0.454. The molecule has 0 aliphatic carbocycles. The fraction of sp³-hybridized carbons (Fsp3) is 0.735. The minimum Gasteiger partial charge on any atom is -0.405 e. The van der Waals surface area contributed by atoms with Crippen molar-refractivity contribution in [3.05, 3.63) is 37.7 Å². The molecule has 0 saturated heterocycles. The third kappa shape index (κ3) is 14.7. The van der Waals surface area contributed by atoms with E-state index in [1.165, 1.54) is 12.6 Å². The summed E-state index contributed by atoms with van der Waals surface area (Å²) in [6.07, 6.45) is 13.0. The van der Waals surface area contributed by atoms with Crippen LogP contribution >= 0.6 is 0 Å². The first-order chi connectivity index (χ1) is 18.0. The Kier molecular flexibility index (Phi) is 22.9. The lowest BCUT2D eigenvalue weighted by molar-refractivity contribution is -0.00481. The fourth-order valence-electron chi connectivity index (χ4n) is 5.15. The molecule has 39 heavy (non-hydrogen) atoms. The molecule has 0 radical (unpaired) electrons. The van der Waals surface area contributed by atoms with Gasteiger partial charge in [-0.25, -0.2) is 0 Å². The summed E-state index contributed by atoms with van der Waals surface area (Å²) in [6.45, 7) is 36.8. The highest BCUT2D eigenvalue weighted by molar-refractivity contribution is 5.20. The minimum absolute atomic E-state index is 0.186. The Morgan fingerprint density at radius 3 is 1.90 bits per heavy atom. The molecule has 0 fully saturated rings. The van der Waals surface area contributed by atoms with Gasteiger partial charge in [0.1, 0.15) is 0 Å². The van der Waals surface area contributed by atoms with Gasteiger partial charge in [0.05, 0.1) is 18.0 Å². The molecule has 5 heteroatoms. The van der Waals surface area contributed by atoms with E-state index in [0.29, 0.717) is 24.5 Å². The highest BCUT2D eigenvalue weighted by Crippen LogP contribution is 2.58. The van der Waals surface area contributed by atoms with E-state index < -0.39 is 5.41 Å². The molecule has 0 bridgehead atoms. The molecule has 226 valence electrons. The predicted molar refractivity (Wildman–Crippen MR) is 175 cm³/mol.